The van der Waals surface area contributed by atoms with Crippen molar-refractivity contribution in [3.8, 4) is 5.75 Å². The first-order chi connectivity index (χ1) is 12.4. The Morgan fingerprint density at radius 1 is 1.19 bits per heavy atom. The standard InChI is InChI=1S/C18H14Cl2FNO4/c1-25-16-6-2-11(8-14(16)21)3-7-18(24)26-10-17(23)22-15-5-4-12(19)9-13(15)20/h2-9H,10H2,1H3,(H,22,23)/b7-3+. The van der Waals surface area contributed by atoms with Gasteiger partial charge in [0.15, 0.2) is 18.2 Å². The van der Waals surface area contributed by atoms with E-state index in [2.05, 4.69) is 5.32 Å². The molecule has 1 N–H and O–H groups in total. The predicted octanol–water partition coefficient (Wildman–Crippen LogP) is 4.34. The molecule has 0 unspecified atom stereocenters. The number of anilines is 1. The lowest BCUT2D eigenvalue weighted by Crippen LogP contribution is -2.20. The van der Waals surface area contributed by atoms with Gasteiger partial charge in [-0.05, 0) is 42.0 Å². The zero-order valence-corrected chi connectivity index (χ0v) is 15.1. The number of carbonyl (C=O) groups excluding carboxylic acids is 2. The number of methoxy groups -OCH3 is 1. The molecule has 2 rings (SSSR count). The Hall–Kier alpha value is -2.57. The fourth-order valence-electron chi connectivity index (χ4n) is 1.91. The number of ether oxygens (including phenoxy) is 2. The summed E-state index contributed by atoms with van der Waals surface area (Å²) in [5.74, 6) is -1.77. The number of halogens is 3. The number of benzene rings is 2. The average molecular weight is 398 g/mol. The highest BCUT2D eigenvalue weighted by molar-refractivity contribution is 6.36. The zero-order chi connectivity index (χ0) is 19.1. The topological polar surface area (TPSA) is 64.6 Å². The van der Waals surface area contributed by atoms with Gasteiger partial charge in [-0.15, -0.1) is 0 Å². The molecule has 0 spiro atoms. The minimum Gasteiger partial charge on any atom is -0.494 e. The van der Waals surface area contributed by atoms with E-state index in [0.717, 1.165) is 6.08 Å². The maximum absolute atomic E-state index is 13.5. The van der Waals surface area contributed by atoms with Crippen molar-refractivity contribution in [1.29, 1.82) is 0 Å². The van der Waals surface area contributed by atoms with Crippen LogP contribution in [0.15, 0.2) is 42.5 Å². The van der Waals surface area contributed by atoms with Crippen LogP contribution in [0.5, 0.6) is 5.75 Å². The van der Waals surface area contributed by atoms with Gasteiger partial charge in [0, 0.05) is 11.1 Å². The normalized spacial score (nSPS) is 10.6. The third kappa shape index (κ3) is 5.75. The fraction of sp³-hybridized carbons (Fsp3) is 0.111. The predicted molar refractivity (Wildman–Crippen MR) is 98.0 cm³/mol. The first-order valence-electron chi connectivity index (χ1n) is 7.32. The minimum atomic E-state index is -0.751. The number of amides is 1. The molecule has 0 fully saturated rings. The smallest absolute Gasteiger partial charge is 0.331 e. The van der Waals surface area contributed by atoms with Gasteiger partial charge in [0.25, 0.3) is 5.91 Å². The summed E-state index contributed by atoms with van der Waals surface area (Å²) in [6, 6.07) is 8.78. The van der Waals surface area contributed by atoms with E-state index in [1.165, 1.54) is 37.5 Å². The molecular weight excluding hydrogens is 384 g/mol. The van der Waals surface area contributed by atoms with Crippen molar-refractivity contribution < 1.29 is 23.5 Å². The molecule has 2 aromatic carbocycles. The molecular formula is C18H14Cl2FNO4. The van der Waals surface area contributed by atoms with Crippen molar-refractivity contribution in [3.05, 3.63) is 63.9 Å². The Bertz CT molecular complexity index is 855. The fourth-order valence-corrected chi connectivity index (χ4v) is 2.37. The molecule has 8 heteroatoms. The van der Waals surface area contributed by atoms with E-state index in [1.54, 1.807) is 12.1 Å². The first kappa shape index (κ1) is 19.8. The molecule has 2 aromatic rings. The van der Waals surface area contributed by atoms with Crippen molar-refractivity contribution >= 4 is 46.8 Å². The van der Waals surface area contributed by atoms with Gasteiger partial charge in [0.05, 0.1) is 17.8 Å². The number of rotatable bonds is 6. The molecule has 0 atom stereocenters. The minimum absolute atomic E-state index is 0.0993. The highest BCUT2D eigenvalue weighted by Gasteiger charge is 2.09. The molecule has 0 heterocycles. The number of nitrogens with one attached hydrogen (secondary N) is 1. The van der Waals surface area contributed by atoms with Crippen LogP contribution in [0.4, 0.5) is 10.1 Å². The SMILES string of the molecule is COc1ccc(/C=C/C(=O)OCC(=O)Nc2ccc(Cl)cc2Cl)cc1F. The monoisotopic (exact) mass is 397 g/mol. The van der Waals surface area contributed by atoms with Gasteiger partial charge in [0.2, 0.25) is 0 Å². The van der Waals surface area contributed by atoms with Crippen LogP contribution in [-0.2, 0) is 14.3 Å². The summed E-state index contributed by atoms with van der Waals surface area (Å²) in [6.45, 7) is -0.501. The first-order valence-corrected chi connectivity index (χ1v) is 8.08. The lowest BCUT2D eigenvalue weighted by atomic mass is 10.2. The van der Waals surface area contributed by atoms with Crippen LogP contribution in [0.3, 0.4) is 0 Å². The maximum Gasteiger partial charge on any atom is 0.331 e. The molecule has 0 aliphatic heterocycles. The summed E-state index contributed by atoms with van der Waals surface area (Å²) in [7, 11) is 1.35. The molecule has 0 aliphatic rings. The number of carbonyl (C=O) groups is 2. The zero-order valence-electron chi connectivity index (χ0n) is 13.6. The van der Waals surface area contributed by atoms with Crippen molar-refractivity contribution in [2.75, 3.05) is 19.0 Å². The van der Waals surface area contributed by atoms with E-state index in [-0.39, 0.29) is 10.8 Å². The van der Waals surface area contributed by atoms with E-state index in [1.807, 2.05) is 0 Å². The highest BCUT2D eigenvalue weighted by atomic mass is 35.5. The van der Waals surface area contributed by atoms with Crippen molar-refractivity contribution in [1.82, 2.24) is 0 Å². The molecule has 0 aromatic heterocycles. The van der Waals surface area contributed by atoms with Gasteiger partial charge in [-0.2, -0.15) is 0 Å². The summed E-state index contributed by atoms with van der Waals surface area (Å²) in [5.41, 5.74) is 0.791. The molecule has 0 bridgehead atoms. The van der Waals surface area contributed by atoms with Crippen LogP contribution < -0.4 is 10.1 Å². The van der Waals surface area contributed by atoms with Gasteiger partial charge in [-0.1, -0.05) is 29.3 Å². The summed E-state index contributed by atoms with van der Waals surface area (Å²) >= 11 is 11.7. The molecule has 5 nitrogen and oxygen atoms in total. The van der Waals surface area contributed by atoms with Crippen molar-refractivity contribution in [2.45, 2.75) is 0 Å². The van der Waals surface area contributed by atoms with E-state index in [9.17, 15) is 14.0 Å². The molecule has 0 saturated heterocycles. The summed E-state index contributed by atoms with van der Waals surface area (Å²) in [5, 5.41) is 3.19. The van der Waals surface area contributed by atoms with Crippen LogP contribution in [0.2, 0.25) is 10.0 Å². The summed E-state index contributed by atoms with van der Waals surface area (Å²) < 4.78 is 23.2. The maximum atomic E-state index is 13.5. The van der Waals surface area contributed by atoms with Crippen LogP contribution >= 0.6 is 23.2 Å². The second kappa shape index (κ2) is 9.22. The van der Waals surface area contributed by atoms with Gasteiger partial charge in [-0.25, -0.2) is 9.18 Å². The van der Waals surface area contributed by atoms with E-state index < -0.39 is 24.3 Å². The van der Waals surface area contributed by atoms with E-state index in [0.29, 0.717) is 16.3 Å². The number of esters is 1. The third-order valence-electron chi connectivity index (χ3n) is 3.14. The van der Waals surface area contributed by atoms with Crippen LogP contribution in [-0.4, -0.2) is 25.6 Å². The Kier molecular flexibility index (Phi) is 7.00. The Balaban J connectivity index is 1.86. The van der Waals surface area contributed by atoms with Crippen LogP contribution in [0.1, 0.15) is 5.56 Å². The Morgan fingerprint density at radius 2 is 1.96 bits per heavy atom. The van der Waals surface area contributed by atoms with E-state index in [4.69, 9.17) is 32.7 Å². The molecule has 1 amide bonds. The Labute approximate surface area is 159 Å². The van der Waals surface area contributed by atoms with Crippen molar-refractivity contribution in [3.63, 3.8) is 0 Å². The average Bonchev–Trinajstić information content (AvgIpc) is 2.60. The van der Waals surface area contributed by atoms with Crippen LogP contribution in [0.25, 0.3) is 6.08 Å². The quantitative estimate of drug-likeness (QED) is 0.581. The number of hydrogen-bond acceptors (Lipinski definition) is 4. The summed E-state index contributed by atoms with van der Waals surface area (Å²) in [6.07, 6.45) is 2.45. The molecule has 0 radical (unpaired) electrons. The van der Waals surface area contributed by atoms with Gasteiger partial charge < -0.3 is 14.8 Å². The number of hydrogen-bond donors (Lipinski definition) is 1. The molecule has 136 valence electrons. The second-order valence-electron chi connectivity index (χ2n) is 5.01. The van der Waals surface area contributed by atoms with Gasteiger partial charge in [-0.3, -0.25) is 4.79 Å². The third-order valence-corrected chi connectivity index (χ3v) is 3.69. The highest BCUT2D eigenvalue weighted by Crippen LogP contribution is 2.25. The lowest BCUT2D eigenvalue weighted by molar-refractivity contribution is -0.142. The Morgan fingerprint density at radius 3 is 2.62 bits per heavy atom. The molecule has 26 heavy (non-hydrogen) atoms. The molecule has 0 aliphatic carbocycles. The van der Waals surface area contributed by atoms with E-state index >= 15 is 0 Å². The largest absolute Gasteiger partial charge is 0.494 e. The van der Waals surface area contributed by atoms with Gasteiger partial charge in [0.1, 0.15) is 0 Å². The van der Waals surface area contributed by atoms with Crippen molar-refractivity contribution in [2.24, 2.45) is 0 Å². The van der Waals surface area contributed by atoms with Crippen LogP contribution in [0, 0.1) is 5.82 Å². The molecule has 0 saturated carbocycles. The second-order valence-corrected chi connectivity index (χ2v) is 5.85. The lowest BCUT2D eigenvalue weighted by Gasteiger charge is -2.07. The van der Waals surface area contributed by atoms with Gasteiger partial charge >= 0.3 is 5.97 Å². The summed E-state index contributed by atoms with van der Waals surface area (Å²) in [4.78, 5) is 23.4.